The Labute approximate surface area is 176 Å². The summed E-state index contributed by atoms with van der Waals surface area (Å²) in [4.78, 5) is 2.60. The molecule has 8 heteroatoms. The molecule has 154 valence electrons. The second-order valence-corrected chi connectivity index (χ2v) is 10.1. The molecular formula is C21H26N4O2S2. The van der Waals surface area contributed by atoms with Crippen LogP contribution >= 0.6 is 11.5 Å². The van der Waals surface area contributed by atoms with Crippen LogP contribution in [-0.2, 0) is 16.6 Å². The molecule has 2 N–H and O–H groups in total. The lowest BCUT2D eigenvalue weighted by Gasteiger charge is -2.23. The summed E-state index contributed by atoms with van der Waals surface area (Å²) in [7, 11) is -3.38. The van der Waals surface area contributed by atoms with Crippen molar-refractivity contribution in [3.8, 4) is 0 Å². The molecule has 0 unspecified atom stereocenters. The molecule has 1 aromatic heterocycles. The molecular weight excluding hydrogens is 404 g/mol. The van der Waals surface area contributed by atoms with E-state index in [4.69, 9.17) is 5.73 Å². The van der Waals surface area contributed by atoms with Gasteiger partial charge in [0.1, 0.15) is 5.82 Å². The molecule has 1 aliphatic heterocycles. The highest BCUT2D eigenvalue weighted by Crippen LogP contribution is 2.30. The third-order valence-electron chi connectivity index (χ3n) is 5.29. The molecule has 0 saturated carbocycles. The first-order valence-electron chi connectivity index (χ1n) is 9.98. The summed E-state index contributed by atoms with van der Waals surface area (Å²) < 4.78 is 32.9. The maximum Gasteiger partial charge on any atom is 0.243 e. The van der Waals surface area contributed by atoms with Gasteiger partial charge in [-0.05, 0) is 67.2 Å². The minimum atomic E-state index is -3.38. The first-order chi connectivity index (χ1) is 14.1. The van der Waals surface area contributed by atoms with Crippen molar-refractivity contribution in [1.82, 2.24) is 8.68 Å². The van der Waals surface area contributed by atoms with Crippen LogP contribution in [0.1, 0.15) is 24.8 Å². The molecule has 1 saturated heterocycles. The summed E-state index contributed by atoms with van der Waals surface area (Å²) in [5.41, 5.74) is 6.80. The van der Waals surface area contributed by atoms with E-state index in [2.05, 4.69) is 21.4 Å². The van der Waals surface area contributed by atoms with Gasteiger partial charge in [-0.2, -0.15) is 8.68 Å². The molecule has 0 bridgehead atoms. The topological polar surface area (TPSA) is 79.5 Å². The Kier molecular flexibility index (Phi) is 6.15. The van der Waals surface area contributed by atoms with E-state index in [-0.39, 0.29) is 0 Å². The Morgan fingerprint density at radius 2 is 1.79 bits per heavy atom. The molecule has 6 nitrogen and oxygen atoms in total. The number of aromatic nitrogens is 1. The Balaban J connectivity index is 1.56. The van der Waals surface area contributed by atoms with Crippen LogP contribution in [0.5, 0.6) is 0 Å². The van der Waals surface area contributed by atoms with Crippen LogP contribution in [0, 0.1) is 0 Å². The van der Waals surface area contributed by atoms with Gasteiger partial charge in [-0.15, -0.1) is 0 Å². The second kappa shape index (κ2) is 8.79. The highest BCUT2D eigenvalue weighted by molar-refractivity contribution is 7.89. The normalized spacial score (nSPS) is 15.2. The number of benzene rings is 2. The predicted molar refractivity (Wildman–Crippen MR) is 119 cm³/mol. The van der Waals surface area contributed by atoms with Gasteiger partial charge in [0, 0.05) is 31.6 Å². The lowest BCUT2D eigenvalue weighted by atomic mass is 10.2. The predicted octanol–water partition coefficient (Wildman–Crippen LogP) is 3.44. The minimum absolute atomic E-state index is 0.371. The number of fused-ring (bicyclic) bond motifs is 1. The lowest BCUT2D eigenvalue weighted by Crippen LogP contribution is -2.28. The molecule has 1 fully saturated rings. The lowest BCUT2D eigenvalue weighted by molar-refractivity contribution is 0.477. The first kappa shape index (κ1) is 20.3. The highest BCUT2D eigenvalue weighted by Gasteiger charge is 2.27. The van der Waals surface area contributed by atoms with Gasteiger partial charge in [0.15, 0.2) is 0 Å². The van der Waals surface area contributed by atoms with Gasteiger partial charge in [-0.1, -0.05) is 24.3 Å². The van der Waals surface area contributed by atoms with E-state index in [0.29, 0.717) is 31.1 Å². The van der Waals surface area contributed by atoms with Crippen LogP contribution in [0.25, 0.3) is 10.1 Å². The van der Waals surface area contributed by atoms with Crippen LogP contribution in [0.3, 0.4) is 0 Å². The van der Waals surface area contributed by atoms with Crippen molar-refractivity contribution in [2.75, 3.05) is 31.1 Å². The number of hydrogen-bond donors (Lipinski definition) is 1. The minimum Gasteiger partial charge on any atom is -0.351 e. The van der Waals surface area contributed by atoms with E-state index in [1.807, 2.05) is 24.3 Å². The third-order valence-corrected chi connectivity index (χ3v) is 8.02. The SMILES string of the molecule is NCCCN(Cc1ccc(S(=O)(=O)N2CCCC2)cc1)c1nsc2ccccc12. The summed E-state index contributed by atoms with van der Waals surface area (Å²) in [6.07, 6.45) is 2.75. The summed E-state index contributed by atoms with van der Waals surface area (Å²) in [5.74, 6) is 0.966. The van der Waals surface area contributed by atoms with Crippen molar-refractivity contribution in [2.45, 2.75) is 30.7 Å². The van der Waals surface area contributed by atoms with Gasteiger partial charge >= 0.3 is 0 Å². The number of sulfonamides is 1. The fourth-order valence-electron chi connectivity index (χ4n) is 3.71. The average molecular weight is 431 g/mol. The number of nitrogens with zero attached hydrogens (tertiary/aromatic N) is 3. The van der Waals surface area contributed by atoms with Crippen LogP contribution in [0.15, 0.2) is 53.4 Å². The van der Waals surface area contributed by atoms with Crippen molar-refractivity contribution in [2.24, 2.45) is 5.73 Å². The molecule has 29 heavy (non-hydrogen) atoms. The molecule has 1 aliphatic rings. The molecule has 0 radical (unpaired) electrons. The molecule has 2 heterocycles. The Morgan fingerprint density at radius 1 is 1.07 bits per heavy atom. The van der Waals surface area contributed by atoms with E-state index < -0.39 is 10.0 Å². The van der Waals surface area contributed by atoms with Crippen molar-refractivity contribution in [3.63, 3.8) is 0 Å². The summed E-state index contributed by atoms with van der Waals surface area (Å²) in [6, 6.07) is 15.5. The monoisotopic (exact) mass is 430 g/mol. The van der Waals surface area contributed by atoms with Gasteiger partial charge in [0.05, 0.1) is 9.60 Å². The maximum absolute atomic E-state index is 12.7. The zero-order valence-corrected chi connectivity index (χ0v) is 18.0. The Bertz CT molecular complexity index is 1060. The van der Waals surface area contributed by atoms with Crippen LogP contribution in [-0.4, -0.2) is 43.3 Å². The highest BCUT2D eigenvalue weighted by atomic mass is 32.2. The summed E-state index contributed by atoms with van der Waals surface area (Å²) in [5, 5.41) is 1.14. The fourth-order valence-corrected chi connectivity index (χ4v) is 6.02. The fraction of sp³-hybridized carbons (Fsp3) is 0.381. The molecule has 2 aromatic carbocycles. The standard InChI is InChI=1S/C21H26N4O2S2/c22-12-5-13-24(21-19-6-1-2-7-20(19)28-23-21)16-17-8-10-18(11-9-17)29(26,27)25-14-3-4-15-25/h1-2,6-11H,3-5,12-16,22H2. The van der Waals surface area contributed by atoms with E-state index in [9.17, 15) is 8.42 Å². The first-order valence-corrected chi connectivity index (χ1v) is 12.2. The van der Waals surface area contributed by atoms with E-state index in [1.54, 1.807) is 16.4 Å². The molecule has 0 amide bonds. The molecule has 0 spiro atoms. The van der Waals surface area contributed by atoms with E-state index >= 15 is 0 Å². The van der Waals surface area contributed by atoms with Crippen LogP contribution in [0.2, 0.25) is 0 Å². The molecule has 0 atom stereocenters. The van der Waals surface area contributed by atoms with Crippen molar-refractivity contribution in [1.29, 1.82) is 0 Å². The average Bonchev–Trinajstić information content (AvgIpc) is 3.42. The zero-order valence-electron chi connectivity index (χ0n) is 16.3. The largest absolute Gasteiger partial charge is 0.351 e. The number of nitrogens with two attached hydrogens (primary N) is 1. The van der Waals surface area contributed by atoms with Crippen molar-refractivity contribution in [3.05, 3.63) is 54.1 Å². The Morgan fingerprint density at radius 3 is 2.52 bits per heavy atom. The van der Waals surface area contributed by atoms with Crippen LogP contribution in [0.4, 0.5) is 5.82 Å². The van der Waals surface area contributed by atoms with E-state index in [0.717, 1.165) is 47.3 Å². The zero-order chi connectivity index (χ0) is 20.3. The summed E-state index contributed by atoms with van der Waals surface area (Å²) >= 11 is 1.50. The molecule has 4 rings (SSSR count). The number of hydrogen-bond acceptors (Lipinski definition) is 6. The third kappa shape index (κ3) is 4.30. The summed E-state index contributed by atoms with van der Waals surface area (Å²) in [6.45, 7) is 3.32. The molecule has 0 aliphatic carbocycles. The van der Waals surface area contributed by atoms with Gasteiger partial charge in [-0.25, -0.2) is 8.42 Å². The second-order valence-electron chi connectivity index (χ2n) is 7.32. The number of rotatable bonds is 8. The van der Waals surface area contributed by atoms with Crippen LogP contribution < -0.4 is 10.6 Å². The smallest absolute Gasteiger partial charge is 0.243 e. The molecule has 3 aromatic rings. The quantitative estimate of drug-likeness (QED) is 0.592. The number of anilines is 1. The van der Waals surface area contributed by atoms with Gasteiger partial charge in [-0.3, -0.25) is 0 Å². The van der Waals surface area contributed by atoms with Gasteiger partial charge in [0.25, 0.3) is 0 Å². The Hall–Kier alpha value is -2.00. The van der Waals surface area contributed by atoms with Crippen molar-refractivity contribution >= 4 is 37.5 Å². The van der Waals surface area contributed by atoms with E-state index in [1.165, 1.54) is 11.5 Å². The van der Waals surface area contributed by atoms with Gasteiger partial charge in [0.2, 0.25) is 10.0 Å². The van der Waals surface area contributed by atoms with Crippen molar-refractivity contribution < 1.29 is 8.42 Å². The van der Waals surface area contributed by atoms with Gasteiger partial charge < -0.3 is 10.6 Å². The maximum atomic E-state index is 12.7.